The maximum Gasteiger partial charge on any atom is 0.243 e. The number of halogens is 1. The van der Waals surface area contributed by atoms with Crippen molar-refractivity contribution in [2.24, 2.45) is 0 Å². The molecule has 164 valence electrons. The number of furan rings is 1. The van der Waals surface area contributed by atoms with Crippen LogP contribution in [-0.4, -0.2) is 48.9 Å². The van der Waals surface area contributed by atoms with Gasteiger partial charge in [-0.3, -0.25) is 0 Å². The number of aromatic nitrogens is 2. The molecule has 0 amide bonds. The zero-order valence-corrected chi connectivity index (χ0v) is 19.0. The molecule has 0 atom stereocenters. The van der Waals surface area contributed by atoms with Crippen LogP contribution in [0.4, 0.5) is 5.82 Å². The van der Waals surface area contributed by atoms with Crippen LogP contribution in [-0.2, 0) is 10.0 Å². The average molecular weight is 469 g/mol. The van der Waals surface area contributed by atoms with Gasteiger partial charge in [-0.05, 0) is 49.4 Å². The average Bonchev–Trinajstić information content (AvgIpc) is 3.33. The molecule has 0 bridgehead atoms. The fraction of sp³-hybridized carbons (Fsp3) is 0.217. The van der Waals surface area contributed by atoms with E-state index in [4.69, 9.17) is 21.0 Å². The highest BCUT2D eigenvalue weighted by Gasteiger charge is 2.30. The molecule has 1 saturated heterocycles. The van der Waals surface area contributed by atoms with Gasteiger partial charge in [0, 0.05) is 36.6 Å². The number of anilines is 1. The molecule has 0 spiro atoms. The zero-order chi connectivity index (χ0) is 22.3. The monoisotopic (exact) mass is 468 g/mol. The Balaban J connectivity index is 1.45. The predicted octanol–water partition coefficient (Wildman–Crippen LogP) is 4.36. The lowest BCUT2D eigenvalue weighted by Gasteiger charge is -2.35. The van der Waals surface area contributed by atoms with Crippen LogP contribution in [0.1, 0.15) is 5.56 Å². The second-order valence-corrected chi connectivity index (χ2v) is 10.1. The lowest BCUT2D eigenvalue weighted by atomic mass is 10.2. The van der Waals surface area contributed by atoms with E-state index in [0.717, 1.165) is 16.8 Å². The van der Waals surface area contributed by atoms with E-state index in [1.165, 1.54) is 4.31 Å². The third-order valence-electron chi connectivity index (χ3n) is 5.58. The fourth-order valence-electron chi connectivity index (χ4n) is 3.84. The minimum absolute atomic E-state index is 0.318. The second kappa shape index (κ2) is 8.20. The van der Waals surface area contributed by atoms with E-state index in [2.05, 4.69) is 9.88 Å². The first-order valence-corrected chi connectivity index (χ1v) is 12.1. The topological polar surface area (TPSA) is 79.5 Å². The van der Waals surface area contributed by atoms with Crippen molar-refractivity contribution >= 4 is 38.3 Å². The summed E-state index contributed by atoms with van der Waals surface area (Å²) in [5.74, 6) is 1.77. The summed E-state index contributed by atoms with van der Waals surface area (Å²) in [5.41, 5.74) is 1.74. The number of nitrogens with zero attached hydrogens (tertiary/aromatic N) is 4. The Hall–Kier alpha value is -2.94. The van der Waals surface area contributed by atoms with Crippen molar-refractivity contribution in [3.05, 3.63) is 71.4 Å². The van der Waals surface area contributed by atoms with Gasteiger partial charge in [0.25, 0.3) is 0 Å². The molecule has 9 heteroatoms. The Kier molecular flexibility index (Phi) is 5.36. The molecule has 1 aliphatic heterocycles. The van der Waals surface area contributed by atoms with Crippen LogP contribution in [0.25, 0.3) is 22.5 Å². The maximum atomic E-state index is 13.1. The van der Waals surface area contributed by atoms with Crippen LogP contribution < -0.4 is 4.90 Å². The molecular formula is C23H21ClN4O3S. The minimum Gasteiger partial charge on any atom is -0.461 e. The number of sulfonamides is 1. The van der Waals surface area contributed by atoms with Gasteiger partial charge in [0.2, 0.25) is 10.0 Å². The minimum atomic E-state index is -3.53. The lowest BCUT2D eigenvalue weighted by molar-refractivity contribution is 0.384. The molecular weight excluding hydrogens is 448 g/mol. The lowest BCUT2D eigenvalue weighted by Crippen LogP contribution is -2.49. The van der Waals surface area contributed by atoms with E-state index in [1.54, 1.807) is 36.6 Å². The number of aryl methyl sites for hydroxylation is 1. The molecule has 4 aromatic rings. The molecule has 1 fully saturated rings. The van der Waals surface area contributed by atoms with Crippen LogP contribution in [0.2, 0.25) is 5.02 Å². The summed E-state index contributed by atoms with van der Waals surface area (Å²) in [5, 5.41) is 1.45. The smallest absolute Gasteiger partial charge is 0.243 e. The largest absolute Gasteiger partial charge is 0.461 e. The van der Waals surface area contributed by atoms with Crippen LogP contribution in [0.15, 0.2) is 70.2 Å². The fourth-order valence-corrected chi connectivity index (χ4v) is 5.43. The standard InChI is InChI=1S/C23H21ClN4O3S/c1-16-4-7-18(8-5-16)32(29,30)28-12-10-27(11-13-28)23-19-9-6-17(24)15-20(19)25-22(26-23)21-3-2-14-31-21/h2-9,14-15H,10-13H2,1H3. The summed E-state index contributed by atoms with van der Waals surface area (Å²) in [6, 6.07) is 16.1. The van der Waals surface area contributed by atoms with Crippen LogP contribution in [0.3, 0.4) is 0 Å². The number of rotatable bonds is 4. The van der Waals surface area contributed by atoms with E-state index in [1.807, 2.05) is 31.2 Å². The van der Waals surface area contributed by atoms with Gasteiger partial charge in [0.05, 0.1) is 16.7 Å². The number of hydrogen-bond donors (Lipinski definition) is 0. The summed E-state index contributed by atoms with van der Waals surface area (Å²) in [4.78, 5) is 11.8. The van der Waals surface area contributed by atoms with Gasteiger partial charge in [-0.15, -0.1) is 0 Å². The van der Waals surface area contributed by atoms with Gasteiger partial charge in [-0.2, -0.15) is 4.31 Å². The molecule has 2 aromatic carbocycles. The normalized spacial score (nSPS) is 15.4. The predicted molar refractivity (Wildman–Crippen MR) is 124 cm³/mol. The van der Waals surface area contributed by atoms with Crippen molar-refractivity contribution in [1.29, 1.82) is 0 Å². The van der Waals surface area contributed by atoms with E-state index >= 15 is 0 Å². The first-order chi connectivity index (χ1) is 15.4. The van der Waals surface area contributed by atoms with Gasteiger partial charge in [-0.25, -0.2) is 18.4 Å². The van der Waals surface area contributed by atoms with E-state index in [9.17, 15) is 8.42 Å². The van der Waals surface area contributed by atoms with E-state index in [-0.39, 0.29) is 0 Å². The molecule has 2 aromatic heterocycles. The molecule has 0 aliphatic carbocycles. The number of fused-ring (bicyclic) bond motifs is 1. The Bertz CT molecular complexity index is 1360. The van der Waals surface area contributed by atoms with Crippen molar-refractivity contribution in [3.63, 3.8) is 0 Å². The van der Waals surface area contributed by atoms with E-state index in [0.29, 0.717) is 53.2 Å². The molecule has 5 rings (SSSR count). The highest BCUT2D eigenvalue weighted by molar-refractivity contribution is 7.89. The van der Waals surface area contributed by atoms with Crippen molar-refractivity contribution < 1.29 is 12.8 Å². The Morgan fingerprint density at radius 2 is 1.72 bits per heavy atom. The third kappa shape index (κ3) is 3.85. The summed E-state index contributed by atoms with van der Waals surface area (Å²) in [6.45, 7) is 3.69. The number of hydrogen-bond acceptors (Lipinski definition) is 6. The third-order valence-corrected chi connectivity index (χ3v) is 7.73. The maximum absolute atomic E-state index is 13.1. The first-order valence-electron chi connectivity index (χ1n) is 10.2. The molecule has 0 saturated carbocycles. The van der Waals surface area contributed by atoms with Crippen molar-refractivity contribution in [1.82, 2.24) is 14.3 Å². The second-order valence-electron chi connectivity index (χ2n) is 7.71. The molecule has 1 aliphatic rings. The highest BCUT2D eigenvalue weighted by Crippen LogP contribution is 2.31. The summed E-state index contributed by atoms with van der Waals surface area (Å²) >= 11 is 6.20. The highest BCUT2D eigenvalue weighted by atomic mass is 35.5. The number of benzene rings is 2. The summed E-state index contributed by atoms with van der Waals surface area (Å²) < 4.78 is 33.1. The van der Waals surface area contributed by atoms with Gasteiger partial charge >= 0.3 is 0 Å². The van der Waals surface area contributed by atoms with E-state index < -0.39 is 10.0 Å². The van der Waals surface area contributed by atoms with Gasteiger partial charge in [0.15, 0.2) is 11.6 Å². The summed E-state index contributed by atoms with van der Waals surface area (Å²) in [6.07, 6.45) is 1.58. The Morgan fingerprint density at radius 1 is 0.969 bits per heavy atom. The molecule has 0 radical (unpaired) electrons. The Labute approximate surface area is 191 Å². The first kappa shape index (κ1) is 20.9. The molecule has 0 N–H and O–H groups in total. The molecule has 0 unspecified atom stereocenters. The van der Waals surface area contributed by atoms with Crippen molar-refractivity contribution in [3.8, 4) is 11.6 Å². The SMILES string of the molecule is Cc1ccc(S(=O)(=O)N2CCN(c3nc(-c4ccco4)nc4cc(Cl)ccc34)CC2)cc1. The molecule has 32 heavy (non-hydrogen) atoms. The molecule has 3 heterocycles. The van der Waals surface area contributed by atoms with Gasteiger partial charge < -0.3 is 9.32 Å². The summed E-state index contributed by atoms with van der Waals surface area (Å²) in [7, 11) is -3.53. The van der Waals surface area contributed by atoms with Crippen molar-refractivity contribution in [2.75, 3.05) is 31.1 Å². The molecule has 7 nitrogen and oxygen atoms in total. The number of piperazine rings is 1. The van der Waals surface area contributed by atoms with Gasteiger partial charge in [-0.1, -0.05) is 29.3 Å². The quantitative estimate of drug-likeness (QED) is 0.442. The van der Waals surface area contributed by atoms with Crippen molar-refractivity contribution in [2.45, 2.75) is 11.8 Å². The Morgan fingerprint density at radius 3 is 2.41 bits per heavy atom. The zero-order valence-electron chi connectivity index (χ0n) is 17.4. The van der Waals surface area contributed by atoms with Crippen LogP contribution in [0.5, 0.6) is 0 Å². The van der Waals surface area contributed by atoms with Crippen LogP contribution >= 0.6 is 11.6 Å². The van der Waals surface area contributed by atoms with Gasteiger partial charge in [0.1, 0.15) is 5.82 Å². The van der Waals surface area contributed by atoms with Crippen LogP contribution in [0, 0.1) is 6.92 Å².